The van der Waals surface area contributed by atoms with Crippen molar-refractivity contribution >= 4 is 11.6 Å². The third-order valence-electron chi connectivity index (χ3n) is 2.87. The van der Waals surface area contributed by atoms with E-state index in [0.717, 1.165) is 5.56 Å². The van der Waals surface area contributed by atoms with Gasteiger partial charge in [0.1, 0.15) is 5.75 Å². The summed E-state index contributed by atoms with van der Waals surface area (Å²) in [6.45, 7) is 0.231. The van der Waals surface area contributed by atoms with Crippen LogP contribution in [0, 0.1) is 0 Å². The quantitative estimate of drug-likeness (QED) is 0.784. The van der Waals surface area contributed by atoms with Crippen LogP contribution < -0.4 is 11.1 Å². The lowest BCUT2D eigenvalue weighted by Gasteiger charge is -2.15. The van der Waals surface area contributed by atoms with Crippen molar-refractivity contribution in [2.75, 3.05) is 11.9 Å². The number of amides is 1. The number of nitrogens with two attached hydrogens (primary N) is 1. The third-order valence-corrected chi connectivity index (χ3v) is 2.87. The average Bonchev–Trinajstić information content (AvgIpc) is 2.41. The van der Waals surface area contributed by atoms with Gasteiger partial charge in [0.2, 0.25) is 5.91 Å². The van der Waals surface area contributed by atoms with E-state index in [1.54, 1.807) is 18.2 Å². The number of benzene rings is 2. The highest BCUT2D eigenvalue weighted by atomic mass is 16.3. The highest BCUT2D eigenvalue weighted by Gasteiger charge is 2.18. The van der Waals surface area contributed by atoms with Crippen LogP contribution in [0.25, 0.3) is 0 Å². The molecule has 4 heteroatoms. The molecule has 0 aromatic heterocycles. The first-order valence-electron chi connectivity index (χ1n) is 6.05. The summed E-state index contributed by atoms with van der Waals surface area (Å²) in [5.74, 6) is -0.468. The van der Waals surface area contributed by atoms with E-state index in [-0.39, 0.29) is 18.2 Å². The van der Waals surface area contributed by atoms with Crippen LogP contribution in [0.5, 0.6) is 5.75 Å². The van der Waals surface area contributed by atoms with E-state index in [9.17, 15) is 9.90 Å². The van der Waals surface area contributed by atoms with Crippen molar-refractivity contribution in [2.24, 2.45) is 5.73 Å². The molecule has 0 aliphatic carbocycles. The first-order chi connectivity index (χ1) is 9.20. The molecule has 2 aromatic carbocycles. The van der Waals surface area contributed by atoms with Gasteiger partial charge >= 0.3 is 0 Å². The minimum Gasteiger partial charge on any atom is -0.508 e. The normalized spacial score (nSPS) is 11.8. The summed E-state index contributed by atoms with van der Waals surface area (Å²) in [6, 6.07) is 15.8. The molecule has 0 bridgehead atoms. The Kier molecular flexibility index (Phi) is 4.15. The standard InChI is InChI=1S/C15H16N2O2/c16-10-14(11-5-2-1-3-6-11)15(19)17-12-7-4-8-13(18)9-12/h1-9,14,18H,10,16H2,(H,17,19). The Balaban J connectivity index is 2.14. The Morgan fingerprint density at radius 2 is 1.89 bits per heavy atom. The van der Waals surface area contributed by atoms with Crippen LogP contribution in [0.3, 0.4) is 0 Å². The molecule has 1 amide bonds. The van der Waals surface area contributed by atoms with E-state index in [0.29, 0.717) is 5.69 Å². The Morgan fingerprint density at radius 1 is 1.16 bits per heavy atom. The van der Waals surface area contributed by atoms with Crippen molar-refractivity contribution in [1.29, 1.82) is 0 Å². The molecule has 2 rings (SSSR count). The molecule has 98 valence electrons. The topological polar surface area (TPSA) is 75.4 Å². The Morgan fingerprint density at radius 3 is 2.53 bits per heavy atom. The molecule has 4 N–H and O–H groups in total. The minimum absolute atomic E-state index is 0.113. The third kappa shape index (κ3) is 3.33. The molecule has 1 atom stereocenters. The fraction of sp³-hybridized carbons (Fsp3) is 0.133. The number of phenolic OH excluding ortho intramolecular Hbond substituents is 1. The number of carbonyl (C=O) groups excluding carboxylic acids is 1. The second-order valence-electron chi connectivity index (χ2n) is 4.24. The Bertz CT molecular complexity index is 555. The maximum atomic E-state index is 12.2. The highest BCUT2D eigenvalue weighted by molar-refractivity contribution is 5.96. The van der Waals surface area contributed by atoms with Crippen molar-refractivity contribution in [1.82, 2.24) is 0 Å². The molecule has 0 aliphatic heterocycles. The van der Waals surface area contributed by atoms with E-state index in [1.165, 1.54) is 6.07 Å². The van der Waals surface area contributed by atoms with Gasteiger partial charge in [-0.15, -0.1) is 0 Å². The second kappa shape index (κ2) is 6.02. The summed E-state index contributed by atoms with van der Waals surface area (Å²) in [5.41, 5.74) is 7.11. The zero-order chi connectivity index (χ0) is 13.7. The lowest BCUT2D eigenvalue weighted by Crippen LogP contribution is -2.27. The fourth-order valence-corrected chi connectivity index (χ4v) is 1.89. The number of phenols is 1. The highest BCUT2D eigenvalue weighted by Crippen LogP contribution is 2.19. The summed E-state index contributed by atoms with van der Waals surface area (Å²) in [5, 5.41) is 12.1. The Hall–Kier alpha value is -2.33. The van der Waals surface area contributed by atoms with Crippen LogP contribution in [0.2, 0.25) is 0 Å². The second-order valence-corrected chi connectivity index (χ2v) is 4.24. The number of nitrogens with one attached hydrogen (secondary N) is 1. The van der Waals surface area contributed by atoms with Gasteiger partial charge in [0.05, 0.1) is 5.92 Å². The lowest BCUT2D eigenvalue weighted by molar-refractivity contribution is -0.117. The van der Waals surface area contributed by atoms with Crippen molar-refractivity contribution in [3.8, 4) is 5.75 Å². The number of carbonyl (C=O) groups is 1. The van der Waals surface area contributed by atoms with Crippen LogP contribution in [0.1, 0.15) is 11.5 Å². The van der Waals surface area contributed by atoms with Crippen molar-refractivity contribution in [3.05, 3.63) is 60.2 Å². The van der Waals surface area contributed by atoms with E-state index < -0.39 is 5.92 Å². The molecule has 1 unspecified atom stereocenters. The molecule has 2 aromatic rings. The summed E-state index contributed by atoms with van der Waals surface area (Å²) in [4.78, 5) is 12.2. The van der Waals surface area contributed by atoms with Crippen LogP contribution in [0.15, 0.2) is 54.6 Å². The van der Waals surface area contributed by atoms with Gasteiger partial charge in [-0.05, 0) is 17.7 Å². The van der Waals surface area contributed by atoms with Crippen molar-refractivity contribution in [3.63, 3.8) is 0 Å². The number of hydrogen-bond acceptors (Lipinski definition) is 3. The summed E-state index contributed by atoms with van der Waals surface area (Å²) in [7, 11) is 0. The number of hydrogen-bond donors (Lipinski definition) is 3. The molecule has 0 saturated heterocycles. The van der Waals surface area contributed by atoms with Crippen molar-refractivity contribution < 1.29 is 9.90 Å². The summed E-state index contributed by atoms with van der Waals surface area (Å²) < 4.78 is 0. The Labute approximate surface area is 111 Å². The van der Waals surface area contributed by atoms with Gasteiger partial charge in [-0.1, -0.05) is 36.4 Å². The molecule has 19 heavy (non-hydrogen) atoms. The summed E-state index contributed by atoms with van der Waals surface area (Å²) >= 11 is 0. The first kappa shape index (κ1) is 13.1. The van der Waals surface area contributed by atoms with Gasteiger partial charge in [0.25, 0.3) is 0 Å². The van der Waals surface area contributed by atoms with E-state index >= 15 is 0 Å². The predicted octanol–water partition coefficient (Wildman–Crippen LogP) is 2.07. The zero-order valence-corrected chi connectivity index (χ0v) is 10.4. The van der Waals surface area contributed by atoms with Gasteiger partial charge in [-0.25, -0.2) is 0 Å². The zero-order valence-electron chi connectivity index (χ0n) is 10.4. The van der Waals surface area contributed by atoms with Crippen LogP contribution >= 0.6 is 0 Å². The number of anilines is 1. The SMILES string of the molecule is NCC(C(=O)Nc1cccc(O)c1)c1ccccc1. The van der Waals surface area contributed by atoms with Gasteiger partial charge in [0.15, 0.2) is 0 Å². The van der Waals surface area contributed by atoms with Crippen LogP contribution in [-0.2, 0) is 4.79 Å². The summed E-state index contributed by atoms with van der Waals surface area (Å²) in [6.07, 6.45) is 0. The monoisotopic (exact) mass is 256 g/mol. The molecule has 0 heterocycles. The smallest absolute Gasteiger partial charge is 0.233 e. The maximum Gasteiger partial charge on any atom is 0.233 e. The maximum absolute atomic E-state index is 12.2. The van der Waals surface area contributed by atoms with Crippen molar-refractivity contribution in [2.45, 2.75) is 5.92 Å². The van der Waals surface area contributed by atoms with Gasteiger partial charge in [0, 0.05) is 18.3 Å². The average molecular weight is 256 g/mol. The lowest BCUT2D eigenvalue weighted by atomic mass is 9.98. The largest absolute Gasteiger partial charge is 0.508 e. The van der Waals surface area contributed by atoms with E-state index in [4.69, 9.17) is 5.73 Å². The molecular weight excluding hydrogens is 240 g/mol. The molecular formula is C15H16N2O2. The van der Waals surface area contributed by atoms with Gasteiger partial charge in [-0.2, -0.15) is 0 Å². The van der Waals surface area contributed by atoms with Gasteiger partial charge < -0.3 is 16.2 Å². The molecule has 4 nitrogen and oxygen atoms in total. The predicted molar refractivity (Wildman–Crippen MR) is 75.0 cm³/mol. The molecule has 0 fully saturated rings. The van der Waals surface area contributed by atoms with E-state index in [2.05, 4.69) is 5.32 Å². The molecule has 0 spiro atoms. The number of rotatable bonds is 4. The molecule has 0 saturated carbocycles. The minimum atomic E-state index is -0.399. The van der Waals surface area contributed by atoms with Crippen LogP contribution in [0.4, 0.5) is 5.69 Å². The fourth-order valence-electron chi connectivity index (χ4n) is 1.89. The first-order valence-corrected chi connectivity index (χ1v) is 6.05. The van der Waals surface area contributed by atoms with Crippen LogP contribution in [-0.4, -0.2) is 17.6 Å². The van der Waals surface area contributed by atoms with E-state index in [1.807, 2.05) is 30.3 Å². The molecule has 0 radical (unpaired) electrons. The number of aromatic hydroxyl groups is 1. The molecule has 0 aliphatic rings. The van der Waals surface area contributed by atoms with Gasteiger partial charge in [-0.3, -0.25) is 4.79 Å².